The molecule has 0 nitrogen and oxygen atoms in total. The second-order valence-corrected chi connectivity index (χ2v) is 5.44. The predicted octanol–water partition coefficient (Wildman–Crippen LogP) is 5.35. The SMILES string of the molecule is Fc1ccc(F)c(C(Br)c2cccc(Br)c2F)c1. The van der Waals surface area contributed by atoms with Crippen molar-refractivity contribution in [1.82, 2.24) is 0 Å². The molecule has 5 heteroatoms. The lowest BCUT2D eigenvalue weighted by Gasteiger charge is -2.13. The first-order chi connectivity index (χ1) is 8.50. The molecule has 0 bridgehead atoms. The zero-order chi connectivity index (χ0) is 13.3. The highest BCUT2D eigenvalue weighted by molar-refractivity contribution is 9.10. The quantitative estimate of drug-likeness (QED) is 0.617. The van der Waals surface area contributed by atoms with Crippen LogP contribution in [-0.2, 0) is 0 Å². The molecule has 0 radical (unpaired) electrons. The van der Waals surface area contributed by atoms with Crippen LogP contribution in [0.1, 0.15) is 16.0 Å². The highest BCUT2D eigenvalue weighted by atomic mass is 79.9. The third-order valence-electron chi connectivity index (χ3n) is 2.49. The van der Waals surface area contributed by atoms with Gasteiger partial charge in [-0.1, -0.05) is 28.1 Å². The van der Waals surface area contributed by atoms with Gasteiger partial charge in [0, 0.05) is 11.1 Å². The van der Waals surface area contributed by atoms with Crippen LogP contribution in [0.5, 0.6) is 0 Å². The van der Waals surface area contributed by atoms with Crippen molar-refractivity contribution < 1.29 is 13.2 Å². The van der Waals surface area contributed by atoms with Gasteiger partial charge in [0.05, 0.1) is 9.30 Å². The summed E-state index contributed by atoms with van der Waals surface area (Å²) in [5.41, 5.74) is 0.306. The number of benzene rings is 2. The number of halogens is 5. The molecule has 1 atom stereocenters. The third-order valence-corrected chi connectivity index (χ3v) is 4.08. The summed E-state index contributed by atoms with van der Waals surface area (Å²) >= 11 is 6.25. The first kappa shape index (κ1) is 13.6. The molecule has 0 aromatic heterocycles. The van der Waals surface area contributed by atoms with Gasteiger partial charge in [-0.15, -0.1) is 0 Å². The fraction of sp³-hybridized carbons (Fsp3) is 0.0769. The van der Waals surface area contributed by atoms with E-state index in [9.17, 15) is 13.2 Å². The second kappa shape index (κ2) is 5.45. The van der Waals surface area contributed by atoms with Crippen LogP contribution in [0.25, 0.3) is 0 Å². The number of alkyl halides is 1. The van der Waals surface area contributed by atoms with Crippen molar-refractivity contribution in [2.45, 2.75) is 4.83 Å². The Kier molecular flexibility index (Phi) is 4.12. The molecule has 0 saturated carbocycles. The molecule has 0 heterocycles. The van der Waals surface area contributed by atoms with Crippen molar-refractivity contribution in [1.29, 1.82) is 0 Å². The average Bonchev–Trinajstić information content (AvgIpc) is 2.35. The lowest BCUT2D eigenvalue weighted by molar-refractivity contribution is 0.580. The molecule has 0 saturated heterocycles. The van der Waals surface area contributed by atoms with Crippen molar-refractivity contribution in [3.8, 4) is 0 Å². The zero-order valence-electron chi connectivity index (χ0n) is 8.93. The van der Waals surface area contributed by atoms with Gasteiger partial charge in [0.25, 0.3) is 0 Å². The van der Waals surface area contributed by atoms with Crippen LogP contribution < -0.4 is 0 Å². The Morgan fingerprint density at radius 1 is 0.944 bits per heavy atom. The molecule has 0 amide bonds. The Labute approximate surface area is 119 Å². The van der Waals surface area contributed by atoms with E-state index in [4.69, 9.17) is 0 Å². The molecule has 0 N–H and O–H groups in total. The normalized spacial score (nSPS) is 12.5. The molecular weight excluding hydrogens is 373 g/mol. The topological polar surface area (TPSA) is 0 Å². The van der Waals surface area contributed by atoms with Gasteiger partial charge < -0.3 is 0 Å². The first-order valence-electron chi connectivity index (χ1n) is 5.03. The summed E-state index contributed by atoms with van der Waals surface area (Å²) in [4.78, 5) is -0.745. The van der Waals surface area contributed by atoms with E-state index in [0.717, 1.165) is 18.2 Å². The molecular formula is C13H7Br2F3. The molecule has 94 valence electrons. The van der Waals surface area contributed by atoms with Crippen molar-refractivity contribution in [3.05, 3.63) is 69.4 Å². The van der Waals surface area contributed by atoms with Gasteiger partial charge in [-0.2, -0.15) is 0 Å². The highest BCUT2D eigenvalue weighted by Crippen LogP contribution is 2.36. The Bertz CT molecular complexity index is 582. The lowest BCUT2D eigenvalue weighted by Crippen LogP contribution is -2.00. The predicted molar refractivity (Wildman–Crippen MR) is 71.2 cm³/mol. The average molecular weight is 380 g/mol. The highest BCUT2D eigenvalue weighted by Gasteiger charge is 2.20. The number of hydrogen-bond donors (Lipinski definition) is 0. The van der Waals surface area contributed by atoms with Gasteiger partial charge in [0.1, 0.15) is 17.5 Å². The molecule has 0 aliphatic rings. The van der Waals surface area contributed by atoms with E-state index in [1.54, 1.807) is 12.1 Å². The van der Waals surface area contributed by atoms with Crippen LogP contribution >= 0.6 is 31.9 Å². The summed E-state index contributed by atoms with van der Waals surface area (Å²) in [6.07, 6.45) is 0. The van der Waals surface area contributed by atoms with E-state index in [2.05, 4.69) is 31.9 Å². The molecule has 0 spiro atoms. The van der Waals surface area contributed by atoms with Gasteiger partial charge in [0.15, 0.2) is 0 Å². The van der Waals surface area contributed by atoms with Gasteiger partial charge in [-0.3, -0.25) is 0 Å². The maximum Gasteiger partial charge on any atom is 0.142 e. The molecule has 0 aliphatic heterocycles. The van der Waals surface area contributed by atoms with Crippen LogP contribution in [0.2, 0.25) is 0 Å². The Balaban J connectivity index is 2.51. The lowest BCUT2D eigenvalue weighted by atomic mass is 10.0. The molecule has 0 aliphatic carbocycles. The maximum absolute atomic E-state index is 13.9. The largest absolute Gasteiger partial charge is 0.207 e. The Morgan fingerprint density at radius 3 is 2.39 bits per heavy atom. The van der Waals surface area contributed by atoms with Crippen LogP contribution in [0.4, 0.5) is 13.2 Å². The minimum atomic E-state index is -0.745. The van der Waals surface area contributed by atoms with Crippen LogP contribution in [0.15, 0.2) is 40.9 Å². The minimum absolute atomic E-state index is 0.0620. The van der Waals surface area contributed by atoms with Crippen molar-refractivity contribution >= 4 is 31.9 Å². The minimum Gasteiger partial charge on any atom is -0.207 e. The fourth-order valence-corrected chi connectivity index (χ4v) is 2.68. The van der Waals surface area contributed by atoms with Crippen molar-refractivity contribution in [3.63, 3.8) is 0 Å². The smallest absolute Gasteiger partial charge is 0.142 e. The van der Waals surface area contributed by atoms with Crippen molar-refractivity contribution in [2.75, 3.05) is 0 Å². The summed E-state index contributed by atoms with van der Waals surface area (Å²) < 4.78 is 40.9. The van der Waals surface area contributed by atoms with E-state index in [0.29, 0.717) is 0 Å². The van der Waals surface area contributed by atoms with E-state index < -0.39 is 22.3 Å². The maximum atomic E-state index is 13.9. The summed E-state index contributed by atoms with van der Waals surface area (Å²) in [6, 6.07) is 7.79. The van der Waals surface area contributed by atoms with Crippen LogP contribution in [0, 0.1) is 17.5 Å². The van der Waals surface area contributed by atoms with Crippen LogP contribution in [0.3, 0.4) is 0 Å². The molecule has 2 rings (SSSR count). The summed E-state index contributed by atoms with van der Waals surface area (Å²) in [5, 5.41) is 0. The van der Waals surface area contributed by atoms with E-state index in [-0.39, 0.29) is 15.6 Å². The van der Waals surface area contributed by atoms with E-state index >= 15 is 0 Å². The van der Waals surface area contributed by atoms with E-state index in [1.807, 2.05) is 0 Å². The van der Waals surface area contributed by atoms with Gasteiger partial charge >= 0.3 is 0 Å². The molecule has 2 aromatic rings. The summed E-state index contributed by atoms with van der Waals surface area (Å²) in [6.45, 7) is 0. The van der Waals surface area contributed by atoms with Crippen LogP contribution in [-0.4, -0.2) is 0 Å². The van der Waals surface area contributed by atoms with E-state index in [1.165, 1.54) is 6.07 Å². The second-order valence-electron chi connectivity index (χ2n) is 3.67. The summed E-state index contributed by atoms with van der Waals surface area (Å²) in [7, 11) is 0. The number of hydrogen-bond acceptors (Lipinski definition) is 0. The molecule has 18 heavy (non-hydrogen) atoms. The van der Waals surface area contributed by atoms with Crippen molar-refractivity contribution in [2.24, 2.45) is 0 Å². The monoisotopic (exact) mass is 378 g/mol. The Hall–Kier alpha value is -0.810. The fourth-order valence-electron chi connectivity index (χ4n) is 1.59. The standard InChI is InChI=1S/C13H7Br2F3/c14-10-3-1-2-8(13(10)18)12(15)9-6-7(16)4-5-11(9)17/h1-6,12H. The van der Waals surface area contributed by atoms with Gasteiger partial charge in [0.2, 0.25) is 0 Å². The molecule has 0 fully saturated rings. The zero-order valence-corrected chi connectivity index (χ0v) is 12.1. The molecule has 1 unspecified atom stereocenters. The van der Waals surface area contributed by atoms with Gasteiger partial charge in [-0.25, -0.2) is 13.2 Å². The third kappa shape index (κ3) is 2.62. The molecule has 2 aromatic carbocycles. The first-order valence-corrected chi connectivity index (χ1v) is 6.74. The summed E-state index contributed by atoms with van der Waals surface area (Å²) in [5.74, 6) is -1.65. The van der Waals surface area contributed by atoms with Gasteiger partial charge in [-0.05, 0) is 40.2 Å². The number of rotatable bonds is 2. The Morgan fingerprint density at radius 2 is 1.67 bits per heavy atom.